The van der Waals surface area contributed by atoms with Gasteiger partial charge in [0.15, 0.2) is 0 Å². The molecule has 1 aromatic carbocycles. The summed E-state index contributed by atoms with van der Waals surface area (Å²) in [6.45, 7) is 0. The third kappa shape index (κ3) is 3.98. The molecule has 0 atom stereocenters. The number of alkyl halides is 6. The zero-order valence-electron chi connectivity index (χ0n) is 8.86. The van der Waals surface area contributed by atoms with Gasteiger partial charge in [0.1, 0.15) is 0 Å². The molecular weight excluding hydrogens is 393 g/mol. The van der Waals surface area contributed by atoms with Crippen LogP contribution in [0.1, 0.15) is 16.7 Å². The number of carboxylic acids is 1. The molecule has 0 unspecified atom stereocenters. The summed E-state index contributed by atoms with van der Waals surface area (Å²) in [7, 11) is 0. The van der Waals surface area contributed by atoms with E-state index in [1.54, 1.807) is 0 Å². The van der Waals surface area contributed by atoms with E-state index in [4.69, 9.17) is 5.11 Å². The first-order chi connectivity index (χ1) is 8.43. The fraction of sp³-hybridized carbons (Fsp3) is 0.300. The minimum Gasteiger partial charge on any atom is -0.481 e. The van der Waals surface area contributed by atoms with Crippen molar-refractivity contribution < 1.29 is 36.2 Å². The number of aliphatic carboxylic acids is 1. The standard InChI is InChI=1S/C10H5F6IO2/c11-9(12,13)5-1-4(2-7(18)19)8(6(17)3-5)10(14,15)16/h1,3H,2H2,(H,18,19). The second kappa shape index (κ2) is 5.17. The van der Waals surface area contributed by atoms with Gasteiger partial charge in [-0.25, -0.2) is 0 Å². The average Bonchev–Trinajstić information content (AvgIpc) is 2.11. The highest BCUT2D eigenvalue weighted by atomic mass is 127. The molecule has 0 saturated heterocycles. The van der Waals surface area contributed by atoms with E-state index in [1.807, 2.05) is 0 Å². The van der Waals surface area contributed by atoms with Crippen LogP contribution in [0.15, 0.2) is 12.1 Å². The molecule has 1 rings (SSSR count). The van der Waals surface area contributed by atoms with Gasteiger partial charge in [-0.1, -0.05) is 0 Å². The predicted octanol–water partition coefficient (Wildman–Crippen LogP) is 3.96. The second-order valence-electron chi connectivity index (χ2n) is 3.56. The van der Waals surface area contributed by atoms with Gasteiger partial charge in [-0.15, -0.1) is 0 Å². The third-order valence-electron chi connectivity index (χ3n) is 2.12. The quantitative estimate of drug-likeness (QED) is 0.605. The maximum Gasteiger partial charge on any atom is 0.417 e. The fourth-order valence-electron chi connectivity index (χ4n) is 1.45. The predicted molar refractivity (Wildman–Crippen MR) is 60.5 cm³/mol. The molecule has 0 bridgehead atoms. The molecule has 0 spiro atoms. The van der Waals surface area contributed by atoms with E-state index in [0.717, 1.165) is 22.6 Å². The molecule has 0 saturated carbocycles. The monoisotopic (exact) mass is 398 g/mol. The maximum absolute atomic E-state index is 12.7. The minimum atomic E-state index is -4.91. The Hall–Kier alpha value is -1.00. The van der Waals surface area contributed by atoms with Crippen LogP contribution in [0, 0.1) is 3.57 Å². The van der Waals surface area contributed by atoms with Crippen molar-refractivity contribution in [3.8, 4) is 0 Å². The molecule has 106 valence electrons. The van der Waals surface area contributed by atoms with Crippen LogP contribution in [0.5, 0.6) is 0 Å². The van der Waals surface area contributed by atoms with Gasteiger partial charge in [-0.05, 0) is 40.3 Å². The molecule has 0 amide bonds. The summed E-state index contributed by atoms with van der Waals surface area (Å²) >= 11 is 1.11. The summed E-state index contributed by atoms with van der Waals surface area (Å²) in [5.41, 5.74) is -3.55. The Morgan fingerprint density at radius 3 is 2.00 bits per heavy atom. The number of hydrogen-bond acceptors (Lipinski definition) is 1. The summed E-state index contributed by atoms with van der Waals surface area (Å²) in [4.78, 5) is 10.5. The van der Waals surface area contributed by atoms with Crippen LogP contribution >= 0.6 is 22.6 Å². The Bertz CT molecular complexity index is 506. The second-order valence-corrected chi connectivity index (χ2v) is 4.72. The van der Waals surface area contributed by atoms with E-state index in [-0.39, 0.29) is 6.07 Å². The molecule has 0 aliphatic carbocycles. The van der Waals surface area contributed by atoms with Gasteiger partial charge in [-0.2, -0.15) is 26.3 Å². The summed E-state index contributed by atoms with van der Waals surface area (Å²) in [6, 6.07) is 0.563. The number of halogens is 7. The largest absolute Gasteiger partial charge is 0.481 e. The lowest BCUT2D eigenvalue weighted by Gasteiger charge is -2.17. The van der Waals surface area contributed by atoms with E-state index in [9.17, 15) is 31.1 Å². The zero-order valence-corrected chi connectivity index (χ0v) is 11.0. The lowest BCUT2D eigenvalue weighted by Crippen LogP contribution is -2.17. The molecule has 0 aromatic heterocycles. The van der Waals surface area contributed by atoms with E-state index in [2.05, 4.69) is 0 Å². The number of carbonyl (C=O) groups is 1. The molecule has 9 heteroatoms. The molecule has 0 aliphatic heterocycles. The molecule has 2 nitrogen and oxygen atoms in total. The Kier molecular flexibility index (Phi) is 4.37. The molecule has 0 fully saturated rings. The van der Waals surface area contributed by atoms with Crippen LogP contribution < -0.4 is 0 Å². The molecule has 19 heavy (non-hydrogen) atoms. The molecular formula is C10H5F6IO2. The molecule has 0 aliphatic rings. The molecule has 0 radical (unpaired) electrons. The summed E-state index contributed by atoms with van der Waals surface area (Å²) in [5, 5.41) is 8.49. The van der Waals surface area contributed by atoms with Gasteiger partial charge in [-0.3, -0.25) is 4.79 Å². The highest BCUT2D eigenvalue weighted by Crippen LogP contribution is 2.39. The Labute approximate surface area is 116 Å². The fourth-order valence-corrected chi connectivity index (χ4v) is 2.43. The lowest BCUT2D eigenvalue weighted by atomic mass is 10.0. The first kappa shape index (κ1) is 16.1. The van der Waals surface area contributed by atoms with Gasteiger partial charge in [0.05, 0.1) is 17.5 Å². The summed E-state index contributed by atoms with van der Waals surface area (Å²) < 4.78 is 74.9. The van der Waals surface area contributed by atoms with Crippen LogP contribution in [-0.4, -0.2) is 11.1 Å². The number of hydrogen-bond donors (Lipinski definition) is 1. The highest BCUT2D eigenvalue weighted by Gasteiger charge is 2.39. The van der Waals surface area contributed by atoms with Gasteiger partial charge >= 0.3 is 18.3 Å². The van der Waals surface area contributed by atoms with Crippen LogP contribution in [0.2, 0.25) is 0 Å². The van der Waals surface area contributed by atoms with Crippen molar-refractivity contribution in [3.05, 3.63) is 32.4 Å². The summed E-state index contributed by atoms with van der Waals surface area (Å²) in [6.07, 6.45) is -10.9. The van der Waals surface area contributed by atoms with Gasteiger partial charge in [0.2, 0.25) is 0 Å². The van der Waals surface area contributed by atoms with Crippen molar-refractivity contribution in [1.29, 1.82) is 0 Å². The SMILES string of the molecule is O=C(O)Cc1cc(C(F)(F)F)cc(I)c1C(F)(F)F. The van der Waals surface area contributed by atoms with Crippen molar-refractivity contribution in [1.82, 2.24) is 0 Å². The first-order valence-corrected chi connectivity index (χ1v) is 5.69. The Morgan fingerprint density at radius 1 is 1.11 bits per heavy atom. The van der Waals surface area contributed by atoms with Crippen LogP contribution in [0.25, 0.3) is 0 Å². The highest BCUT2D eigenvalue weighted by molar-refractivity contribution is 14.1. The topological polar surface area (TPSA) is 37.3 Å². The normalized spacial score (nSPS) is 12.6. The average molecular weight is 398 g/mol. The number of carboxylic acid groups (broad SMARTS) is 1. The minimum absolute atomic E-state index is 0.221. The van der Waals surface area contributed by atoms with Crippen molar-refractivity contribution >= 4 is 28.6 Å². The van der Waals surface area contributed by atoms with Gasteiger partial charge in [0, 0.05) is 3.57 Å². The Balaban J connectivity index is 3.52. The lowest BCUT2D eigenvalue weighted by molar-refractivity contribution is -0.143. The maximum atomic E-state index is 12.7. The molecule has 1 N–H and O–H groups in total. The van der Waals surface area contributed by atoms with Crippen molar-refractivity contribution in [2.45, 2.75) is 18.8 Å². The smallest absolute Gasteiger partial charge is 0.417 e. The van der Waals surface area contributed by atoms with Crippen LogP contribution in [-0.2, 0) is 23.6 Å². The van der Waals surface area contributed by atoms with E-state index in [1.165, 1.54) is 0 Å². The van der Waals surface area contributed by atoms with E-state index < -0.39 is 45.0 Å². The van der Waals surface area contributed by atoms with Crippen molar-refractivity contribution in [2.75, 3.05) is 0 Å². The summed E-state index contributed by atoms with van der Waals surface area (Å²) in [5.74, 6) is -1.64. The number of rotatable bonds is 2. The van der Waals surface area contributed by atoms with E-state index in [0.29, 0.717) is 6.07 Å². The van der Waals surface area contributed by atoms with Gasteiger partial charge < -0.3 is 5.11 Å². The zero-order chi connectivity index (χ0) is 15.0. The molecule has 0 heterocycles. The van der Waals surface area contributed by atoms with Gasteiger partial charge in [0.25, 0.3) is 0 Å². The van der Waals surface area contributed by atoms with Crippen LogP contribution in [0.4, 0.5) is 26.3 Å². The Morgan fingerprint density at radius 2 is 1.63 bits per heavy atom. The molecule has 1 aromatic rings. The number of benzene rings is 1. The van der Waals surface area contributed by atoms with E-state index >= 15 is 0 Å². The van der Waals surface area contributed by atoms with Crippen LogP contribution in [0.3, 0.4) is 0 Å². The van der Waals surface area contributed by atoms with Crippen molar-refractivity contribution in [3.63, 3.8) is 0 Å². The van der Waals surface area contributed by atoms with Crippen molar-refractivity contribution in [2.24, 2.45) is 0 Å². The first-order valence-electron chi connectivity index (χ1n) is 4.61. The third-order valence-corrected chi connectivity index (χ3v) is 2.98.